The van der Waals surface area contributed by atoms with Gasteiger partial charge in [0.05, 0.1) is 13.2 Å². The van der Waals surface area contributed by atoms with Crippen molar-refractivity contribution in [2.75, 3.05) is 12.3 Å². The van der Waals surface area contributed by atoms with Crippen LogP contribution in [0, 0.1) is 11.3 Å². The third-order valence-electron chi connectivity index (χ3n) is 1.62. The molecule has 0 saturated heterocycles. The number of aromatic carboxylic acids is 1. The predicted molar refractivity (Wildman–Crippen MR) is 45.4 cm³/mol. The molecule has 0 atom stereocenters. The quantitative estimate of drug-likeness (QED) is 0.571. The first kappa shape index (κ1) is 10.0. The summed E-state index contributed by atoms with van der Waals surface area (Å²) in [7, 11) is 0. The fourth-order valence-corrected chi connectivity index (χ4v) is 1.00. The molecule has 0 aliphatic rings. The molecule has 7 heteroatoms. The van der Waals surface area contributed by atoms with Crippen LogP contribution in [0.4, 0.5) is 5.82 Å². The van der Waals surface area contributed by atoms with Crippen LogP contribution in [0.5, 0.6) is 0 Å². The number of rotatable bonds is 3. The molecule has 0 amide bonds. The molecule has 0 radical (unpaired) electrons. The summed E-state index contributed by atoms with van der Waals surface area (Å²) in [6.45, 7) is -0.163. The summed E-state index contributed by atoms with van der Waals surface area (Å²) in [5.41, 5.74) is 4.88. The van der Waals surface area contributed by atoms with Gasteiger partial charge >= 0.3 is 5.97 Å². The number of hydrogen-bond acceptors (Lipinski definition) is 5. The Labute approximate surface area is 79.0 Å². The van der Waals surface area contributed by atoms with Crippen molar-refractivity contribution < 1.29 is 15.0 Å². The Morgan fingerprint density at radius 3 is 2.71 bits per heavy atom. The zero-order valence-corrected chi connectivity index (χ0v) is 7.14. The molecule has 0 spiro atoms. The molecule has 4 N–H and O–H groups in total. The monoisotopic (exact) mass is 196 g/mol. The van der Waals surface area contributed by atoms with Crippen LogP contribution in [0.3, 0.4) is 0 Å². The molecule has 0 unspecified atom stereocenters. The minimum atomic E-state index is -1.31. The number of carboxylic acid groups (broad SMARTS) is 1. The van der Waals surface area contributed by atoms with Gasteiger partial charge in [-0.3, -0.25) is 0 Å². The second kappa shape index (κ2) is 3.76. The number of hydrogen-bond donors (Lipinski definition) is 3. The zero-order chi connectivity index (χ0) is 10.7. The van der Waals surface area contributed by atoms with E-state index >= 15 is 0 Å². The lowest BCUT2D eigenvalue weighted by Gasteiger charge is -1.98. The van der Waals surface area contributed by atoms with E-state index in [0.717, 1.165) is 4.68 Å². The summed E-state index contributed by atoms with van der Waals surface area (Å²) in [6.07, 6.45) is 0. The van der Waals surface area contributed by atoms with Crippen LogP contribution in [0.2, 0.25) is 0 Å². The first-order valence-electron chi connectivity index (χ1n) is 3.72. The second-order valence-corrected chi connectivity index (χ2v) is 2.47. The normalized spacial score (nSPS) is 9.71. The first-order chi connectivity index (χ1) is 6.61. The number of aromatic nitrogens is 2. The van der Waals surface area contributed by atoms with E-state index in [4.69, 9.17) is 21.2 Å². The largest absolute Gasteiger partial charge is 0.476 e. The van der Waals surface area contributed by atoms with Gasteiger partial charge in [0, 0.05) is 0 Å². The van der Waals surface area contributed by atoms with Gasteiger partial charge in [0.15, 0.2) is 5.69 Å². The maximum atomic E-state index is 10.6. The van der Waals surface area contributed by atoms with Crippen LogP contribution in [0.25, 0.3) is 0 Å². The zero-order valence-electron chi connectivity index (χ0n) is 7.14. The van der Waals surface area contributed by atoms with Crippen LogP contribution < -0.4 is 5.73 Å². The molecule has 0 aliphatic heterocycles. The van der Waals surface area contributed by atoms with Gasteiger partial charge in [-0.1, -0.05) is 0 Å². The summed E-state index contributed by atoms with van der Waals surface area (Å²) >= 11 is 0. The molecule has 0 aliphatic carbocycles. The summed E-state index contributed by atoms with van der Waals surface area (Å²) < 4.78 is 1.09. The topological polar surface area (TPSA) is 125 Å². The molecule has 0 aromatic carbocycles. The number of carbonyl (C=O) groups is 1. The standard InChI is InChI=1S/C7H8N4O3/c8-3-4-5(7(13)14)10-11(1-2-12)6(4)9/h12H,1-2,9H2,(H,13,14). The number of nitrogens with zero attached hydrogens (tertiary/aromatic N) is 3. The van der Waals surface area contributed by atoms with Crippen molar-refractivity contribution in [3.05, 3.63) is 11.3 Å². The highest BCUT2D eigenvalue weighted by Gasteiger charge is 2.20. The molecule has 14 heavy (non-hydrogen) atoms. The highest BCUT2D eigenvalue weighted by Crippen LogP contribution is 2.15. The Bertz CT molecular complexity index is 404. The fraction of sp³-hybridized carbons (Fsp3) is 0.286. The van der Waals surface area contributed by atoms with Crippen molar-refractivity contribution in [2.24, 2.45) is 0 Å². The minimum Gasteiger partial charge on any atom is -0.476 e. The molecule has 0 saturated carbocycles. The van der Waals surface area contributed by atoms with E-state index in [1.54, 1.807) is 6.07 Å². The van der Waals surface area contributed by atoms with Crippen molar-refractivity contribution >= 4 is 11.8 Å². The van der Waals surface area contributed by atoms with Crippen LogP contribution in [0.15, 0.2) is 0 Å². The van der Waals surface area contributed by atoms with Gasteiger partial charge in [-0.15, -0.1) is 0 Å². The van der Waals surface area contributed by atoms with E-state index < -0.39 is 11.7 Å². The smallest absolute Gasteiger partial charge is 0.357 e. The maximum Gasteiger partial charge on any atom is 0.357 e. The van der Waals surface area contributed by atoms with E-state index in [-0.39, 0.29) is 24.5 Å². The predicted octanol–water partition coefficient (Wildman–Crippen LogP) is -0.973. The summed E-state index contributed by atoms with van der Waals surface area (Å²) in [5.74, 6) is -1.36. The number of aliphatic hydroxyl groups excluding tert-OH is 1. The number of aliphatic hydroxyl groups is 1. The van der Waals surface area contributed by atoms with Crippen molar-refractivity contribution in [3.63, 3.8) is 0 Å². The van der Waals surface area contributed by atoms with Gasteiger partial charge in [-0.25, -0.2) is 9.48 Å². The van der Waals surface area contributed by atoms with Crippen molar-refractivity contribution in [2.45, 2.75) is 6.54 Å². The summed E-state index contributed by atoms with van der Waals surface area (Å²) in [5, 5.41) is 29.5. The number of anilines is 1. The Balaban J connectivity index is 3.26. The molecule has 1 rings (SSSR count). The number of nitriles is 1. The van der Waals surface area contributed by atoms with Crippen molar-refractivity contribution in [1.82, 2.24) is 9.78 Å². The van der Waals surface area contributed by atoms with Crippen molar-refractivity contribution in [3.8, 4) is 6.07 Å². The van der Waals surface area contributed by atoms with Gasteiger partial charge in [0.2, 0.25) is 0 Å². The average molecular weight is 196 g/mol. The molecule has 1 heterocycles. The molecular weight excluding hydrogens is 188 g/mol. The van der Waals surface area contributed by atoms with Crippen LogP contribution in [-0.4, -0.2) is 32.6 Å². The van der Waals surface area contributed by atoms with Gasteiger partial charge < -0.3 is 15.9 Å². The molecule has 1 aromatic rings. The van der Waals surface area contributed by atoms with Crippen LogP contribution in [-0.2, 0) is 6.54 Å². The van der Waals surface area contributed by atoms with E-state index in [1.165, 1.54) is 0 Å². The van der Waals surface area contributed by atoms with Gasteiger partial charge in [-0.05, 0) is 0 Å². The van der Waals surface area contributed by atoms with E-state index in [0.29, 0.717) is 0 Å². The third-order valence-corrected chi connectivity index (χ3v) is 1.62. The molecular formula is C7H8N4O3. The Hall–Kier alpha value is -2.07. The molecule has 0 bridgehead atoms. The van der Waals surface area contributed by atoms with E-state index in [2.05, 4.69) is 5.10 Å². The summed E-state index contributed by atoms with van der Waals surface area (Å²) in [4.78, 5) is 10.6. The fourth-order valence-electron chi connectivity index (χ4n) is 1.00. The Morgan fingerprint density at radius 2 is 2.36 bits per heavy atom. The lowest BCUT2D eigenvalue weighted by molar-refractivity contribution is 0.0688. The second-order valence-electron chi connectivity index (χ2n) is 2.47. The maximum absolute atomic E-state index is 10.6. The van der Waals surface area contributed by atoms with Crippen molar-refractivity contribution in [1.29, 1.82) is 5.26 Å². The van der Waals surface area contributed by atoms with Gasteiger partial charge in [0.1, 0.15) is 17.5 Å². The first-order valence-corrected chi connectivity index (χ1v) is 3.72. The Morgan fingerprint density at radius 1 is 1.71 bits per heavy atom. The summed E-state index contributed by atoms with van der Waals surface area (Å²) in [6, 6.07) is 1.65. The number of carboxylic acids is 1. The molecule has 7 nitrogen and oxygen atoms in total. The molecule has 0 fully saturated rings. The molecule has 74 valence electrons. The van der Waals surface area contributed by atoms with Crippen LogP contribution >= 0.6 is 0 Å². The lowest BCUT2D eigenvalue weighted by atomic mass is 10.2. The molecule has 1 aromatic heterocycles. The highest BCUT2D eigenvalue weighted by atomic mass is 16.4. The average Bonchev–Trinajstić information content (AvgIpc) is 2.44. The van der Waals surface area contributed by atoms with Gasteiger partial charge in [-0.2, -0.15) is 10.4 Å². The number of nitrogen functional groups attached to an aromatic ring is 1. The number of nitrogens with two attached hydrogens (primary N) is 1. The SMILES string of the molecule is N#Cc1c(C(=O)O)nn(CCO)c1N. The highest BCUT2D eigenvalue weighted by molar-refractivity contribution is 5.90. The van der Waals surface area contributed by atoms with E-state index in [1.807, 2.05) is 0 Å². The van der Waals surface area contributed by atoms with E-state index in [9.17, 15) is 4.79 Å². The van der Waals surface area contributed by atoms with Gasteiger partial charge in [0.25, 0.3) is 0 Å². The lowest BCUT2D eigenvalue weighted by Crippen LogP contribution is -2.08. The minimum absolute atomic E-state index is 0.0426. The van der Waals surface area contributed by atoms with Crippen LogP contribution in [0.1, 0.15) is 16.1 Å². The Kier molecular flexibility index (Phi) is 2.69. The third kappa shape index (κ3) is 1.51.